The van der Waals surface area contributed by atoms with Crippen molar-refractivity contribution < 1.29 is 18.9 Å². The van der Waals surface area contributed by atoms with Crippen LogP contribution in [0.4, 0.5) is 0 Å². The summed E-state index contributed by atoms with van der Waals surface area (Å²) in [6.07, 6.45) is 7.12. The van der Waals surface area contributed by atoms with Crippen LogP contribution in [0.25, 0.3) is 0 Å². The Morgan fingerprint density at radius 3 is 2.53 bits per heavy atom. The molecular weight excluding hydrogens is 479 g/mol. The minimum absolute atomic E-state index is 0.0690. The molecule has 2 heterocycles. The number of amides is 2. The second-order valence-electron chi connectivity index (χ2n) is 12.4. The van der Waals surface area contributed by atoms with Crippen LogP contribution >= 0.6 is 0 Å². The van der Waals surface area contributed by atoms with Gasteiger partial charge in [0, 0.05) is 12.4 Å². The largest absolute Gasteiger partial charge is 0.482 e. The fourth-order valence-electron chi connectivity index (χ4n) is 6.97. The fraction of sp³-hybridized carbons (Fsp3) is 0.586. The van der Waals surface area contributed by atoms with Gasteiger partial charge in [-0.25, -0.2) is 4.98 Å². The maximum atomic E-state index is 14.0. The lowest BCUT2D eigenvalue weighted by Gasteiger charge is -2.64. The number of hydrogen-bond acceptors (Lipinski definition) is 7. The lowest BCUT2D eigenvalue weighted by molar-refractivity contribution is -0.199. The molecule has 3 saturated carbocycles. The first-order chi connectivity index (χ1) is 18.0. The van der Waals surface area contributed by atoms with E-state index < -0.39 is 36.5 Å². The average molecular weight is 518 g/mol. The lowest BCUT2D eigenvalue weighted by Crippen LogP contribution is -2.65. The summed E-state index contributed by atoms with van der Waals surface area (Å²) in [4.78, 5) is 37.5. The van der Waals surface area contributed by atoms with Crippen molar-refractivity contribution in [1.82, 2.24) is 14.9 Å². The van der Waals surface area contributed by atoms with Crippen molar-refractivity contribution in [1.29, 1.82) is 0 Å². The van der Waals surface area contributed by atoms with E-state index in [0.29, 0.717) is 24.7 Å². The molecule has 1 aliphatic heterocycles. The number of benzene rings is 1. The van der Waals surface area contributed by atoms with Gasteiger partial charge in [-0.15, -0.1) is 0 Å². The Kier molecular flexibility index (Phi) is 7.22. The topological polar surface area (TPSA) is 108 Å². The van der Waals surface area contributed by atoms with Gasteiger partial charge in [0.2, 0.25) is 5.91 Å². The van der Waals surface area contributed by atoms with E-state index in [1.54, 1.807) is 0 Å². The number of nitrogens with zero attached hydrogens (tertiary/aromatic N) is 3. The third-order valence-electron chi connectivity index (χ3n) is 9.18. The monoisotopic (exact) mass is 518 g/mol. The van der Waals surface area contributed by atoms with Crippen LogP contribution in [0.3, 0.4) is 0 Å². The first-order valence-corrected chi connectivity index (χ1v) is 13.8. The molecule has 8 nitrogen and oxygen atoms in total. The molecule has 6 rings (SSSR count). The van der Waals surface area contributed by atoms with E-state index in [1.807, 2.05) is 30.3 Å². The van der Waals surface area contributed by atoms with Gasteiger partial charge < -0.3 is 15.0 Å². The molecule has 6 atom stereocenters. The number of hydrogen-bond donors (Lipinski definition) is 1. The first-order valence-electron chi connectivity index (χ1n) is 13.8. The molecule has 2 aromatic rings. The van der Waals surface area contributed by atoms with Crippen molar-refractivity contribution >= 4 is 18.9 Å². The summed E-state index contributed by atoms with van der Waals surface area (Å²) in [6.45, 7) is 10.9. The highest BCUT2D eigenvalue weighted by Crippen LogP contribution is 2.65. The molecule has 9 heteroatoms. The first kappa shape index (κ1) is 27.0. The van der Waals surface area contributed by atoms with Crippen LogP contribution in [0.15, 0.2) is 48.9 Å². The summed E-state index contributed by atoms with van der Waals surface area (Å²) in [5.41, 5.74) is 7.21. The highest BCUT2D eigenvalue weighted by Gasteiger charge is 2.69. The quantitative estimate of drug-likeness (QED) is 0.531. The van der Waals surface area contributed by atoms with E-state index in [0.717, 1.165) is 18.4 Å². The van der Waals surface area contributed by atoms with Crippen molar-refractivity contribution in [2.75, 3.05) is 0 Å². The molecule has 4 aliphatic rings. The molecule has 1 saturated heterocycles. The molecule has 4 fully saturated rings. The molecule has 0 radical (unpaired) electrons. The SMILES string of the molecule is CC(C)C[C@@H](B1O[C@H]2C[C@@H]3C[C@@H](C3(C)C)[C@]2(C)O1)N(C(=O)c1cnccn1)C(=O)[C@@H](N)Cc1ccccc1. The standard InChI is InChI=1S/C29H39BN4O4/c1-18(2)13-25(30-37-24-16-20-15-23(28(20,3)4)29(24,5)38-30)34(27(36)22-17-32-11-12-33-22)26(35)21(31)14-19-9-7-6-8-10-19/h6-12,17-18,20-21,23-25H,13-16,31H2,1-5H3/t20-,21-,23-,24-,25-,29-/m0/s1. The second kappa shape index (κ2) is 10.2. The predicted octanol–water partition coefficient (Wildman–Crippen LogP) is 3.70. The van der Waals surface area contributed by atoms with Gasteiger partial charge in [-0.05, 0) is 61.3 Å². The molecular formula is C29H39BN4O4. The van der Waals surface area contributed by atoms with Crippen LogP contribution in [0.1, 0.15) is 69.9 Å². The highest BCUT2D eigenvalue weighted by atomic mass is 16.7. The summed E-state index contributed by atoms with van der Waals surface area (Å²) >= 11 is 0. The summed E-state index contributed by atoms with van der Waals surface area (Å²) in [5.74, 6) is -0.524. The summed E-state index contributed by atoms with van der Waals surface area (Å²) in [5, 5.41) is 0. The van der Waals surface area contributed by atoms with Gasteiger partial charge in [-0.1, -0.05) is 58.0 Å². The van der Waals surface area contributed by atoms with Crippen molar-refractivity contribution in [3.05, 3.63) is 60.2 Å². The van der Waals surface area contributed by atoms with E-state index in [-0.39, 0.29) is 23.1 Å². The maximum Gasteiger partial charge on any atom is 0.482 e. The predicted molar refractivity (Wildman–Crippen MR) is 145 cm³/mol. The van der Waals surface area contributed by atoms with E-state index in [1.165, 1.54) is 23.5 Å². The molecule has 2 N–H and O–H groups in total. The minimum atomic E-state index is -0.918. The molecule has 202 valence electrons. The van der Waals surface area contributed by atoms with Gasteiger partial charge in [0.05, 0.1) is 29.9 Å². The molecule has 2 bridgehead atoms. The molecule has 38 heavy (non-hydrogen) atoms. The molecule has 3 aliphatic carbocycles. The van der Waals surface area contributed by atoms with Gasteiger partial charge in [0.1, 0.15) is 5.69 Å². The normalized spacial score (nSPS) is 28.8. The lowest BCUT2D eigenvalue weighted by atomic mass is 9.43. The number of carbonyl (C=O) groups is 2. The van der Waals surface area contributed by atoms with Gasteiger partial charge in [0.15, 0.2) is 0 Å². The number of aromatic nitrogens is 2. The third-order valence-corrected chi connectivity index (χ3v) is 9.18. The van der Waals surface area contributed by atoms with Crippen molar-refractivity contribution in [2.24, 2.45) is 28.9 Å². The molecule has 0 unspecified atom stereocenters. The fourth-order valence-corrected chi connectivity index (χ4v) is 6.97. The summed E-state index contributed by atoms with van der Waals surface area (Å²) in [7, 11) is -0.740. The molecule has 1 aromatic heterocycles. The Labute approximate surface area is 225 Å². The number of nitrogens with two attached hydrogens (primary N) is 1. The zero-order chi connectivity index (χ0) is 27.2. The molecule has 2 amide bonds. The van der Waals surface area contributed by atoms with E-state index in [9.17, 15) is 9.59 Å². The van der Waals surface area contributed by atoms with Crippen LogP contribution < -0.4 is 5.73 Å². The van der Waals surface area contributed by atoms with Crippen LogP contribution in [0, 0.1) is 23.2 Å². The average Bonchev–Trinajstić information content (AvgIpc) is 3.26. The van der Waals surface area contributed by atoms with Crippen molar-refractivity contribution in [3.63, 3.8) is 0 Å². The van der Waals surface area contributed by atoms with Gasteiger partial charge >= 0.3 is 7.12 Å². The second-order valence-corrected chi connectivity index (χ2v) is 12.4. The zero-order valence-electron chi connectivity index (χ0n) is 23.0. The van der Waals surface area contributed by atoms with Crippen LogP contribution in [-0.2, 0) is 20.5 Å². The Bertz CT molecular complexity index is 1160. The Balaban J connectivity index is 1.48. The van der Waals surface area contributed by atoms with Gasteiger partial charge in [-0.3, -0.25) is 19.5 Å². The van der Waals surface area contributed by atoms with Crippen LogP contribution in [-0.4, -0.2) is 57.5 Å². The summed E-state index contributed by atoms with van der Waals surface area (Å²) < 4.78 is 13.4. The molecule has 1 aromatic carbocycles. The van der Waals surface area contributed by atoms with Crippen molar-refractivity contribution in [3.8, 4) is 0 Å². The highest BCUT2D eigenvalue weighted by molar-refractivity contribution is 6.48. The third kappa shape index (κ3) is 4.69. The number of rotatable bonds is 8. The number of imide groups is 1. The minimum Gasteiger partial charge on any atom is -0.404 e. The maximum absolute atomic E-state index is 14.0. The molecule has 0 spiro atoms. The van der Waals surface area contributed by atoms with Crippen molar-refractivity contribution in [2.45, 2.75) is 84.0 Å². The Hall–Kier alpha value is -2.62. The smallest absolute Gasteiger partial charge is 0.404 e. The van der Waals surface area contributed by atoms with Gasteiger partial charge in [0.25, 0.3) is 5.91 Å². The van der Waals surface area contributed by atoms with E-state index >= 15 is 0 Å². The van der Waals surface area contributed by atoms with E-state index in [4.69, 9.17) is 15.0 Å². The van der Waals surface area contributed by atoms with Crippen LogP contribution in [0.5, 0.6) is 0 Å². The van der Waals surface area contributed by atoms with Crippen LogP contribution in [0.2, 0.25) is 0 Å². The summed E-state index contributed by atoms with van der Waals surface area (Å²) in [6, 6.07) is 8.67. The zero-order valence-corrected chi connectivity index (χ0v) is 23.0. The van der Waals surface area contributed by atoms with Gasteiger partial charge in [-0.2, -0.15) is 0 Å². The van der Waals surface area contributed by atoms with E-state index in [2.05, 4.69) is 44.6 Å². The Morgan fingerprint density at radius 2 is 1.89 bits per heavy atom. The Morgan fingerprint density at radius 1 is 1.16 bits per heavy atom. The number of carbonyl (C=O) groups excluding carboxylic acids is 2.